The summed E-state index contributed by atoms with van der Waals surface area (Å²) in [6, 6.07) is 19.2. The average Bonchev–Trinajstić information content (AvgIpc) is 3.02. The van der Waals surface area contributed by atoms with Gasteiger partial charge in [-0.05, 0) is 48.2 Å². The Bertz CT molecular complexity index is 861. The number of thiophene rings is 1. The maximum absolute atomic E-state index is 12.5. The van der Waals surface area contributed by atoms with Crippen molar-refractivity contribution in [3.63, 3.8) is 0 Å². The molecule has 134 valence electrons. The van der Waals surface area contributed by atoms with E-state index in [0.29, 0.717) is 18.0 Å². The van der Waals surface area contributed by atoms with Crippen molar-refractivity contribution in [1.82, 2.24) is 0 Å². The number of aryl methyl sites for hydroxylation is 1. The lowest BCUT2D eigenvalue weighted by Gasteiger charge is -2.15. The number of rotatable bonds is 7. The van der Waals surface area contributed by atoms with Crippen LogP contribution in [-0.2, 0) is 11.3 Å². The number of ether oxygens (including phenoxy) is 1. The molecule has 4 nitrogen and oxygen atoms in total. The summed E-state index contributed by atoms with van der Waals surface area (Å²) in [4.78, 5) is 14.9. The van der Waals surface area contributed by atoms with E-state index >= 15 is 0 Å². The van der Waals surface area contributed by atoms with Gasteiger partial charge in [0, 0.05) is 0 Å². The Hall–Kier alpha value is -2.63. The highest BCUT2D eigenvalue weighted by molar-refractivity contribution is 7.10. The van der Waals surface area contributed by atoms with Crippen molar-refractivity contribution in [3.8, 4) is 11.5 Å². The zero-order valence-electron chi connectivity index (χ0n) is 15.0. The second-order valence-electron chi connectivity index (χ2n) is 6.30. The van der Waals surface area contributed by atoms with Crippen molar-refractivity contribution in [2.24, 2.45) is 0 Å². The predicted molar refractivity (Wildman–Crippen MR) is 106 cm³/mol. The van der Waals surface area contributed by atoms with E-state index in [0.717, 1.165) is 17.2 Å². The lowest BCUT2D eigenvalue weighted by Crippen LogP contribution is -3.08. The number of amides is 1. The van der Waals surface area contributed by atoms with Crippen LogP contribution in [0.2, 0.25) is 0 Å². The van der Waals surface area contributed by atoms with Crippen molar-refractivity contribution >= 4 is 22.9 Å². The van der Waals surface area contributed by atoms with Crippen LogP contribution in [-0.4, -0.2) is 19.5 Å². The molecule has 1 heterocycles. The van der Waals surface area contributed by atoms with E-state index in [1.54, 1.807) is 11.3 Å². The Morgan fingerprint density at radius 2 is 1.81 bits per heavy atom. The van der Waals surface area contributed by atoms with Crippen molar-refractivity contribution in [3.05, 3.63) is 76.5 Å². The summed E-state index contributed by atoms with van der Waals surface area (Å²) in [6.07, 6.45) is 0. The number of para-hydroxylation sites is 3. The molecule has 0 radical (unpaired) electrons. The highest BCUT2D eigenvalue weighted by Crippen LogP contribution is 2.28. The molecule has 0 aliphatic heterocycles. The average molecular weight is 367 g/mol. The zero-order chi connectivity index (χ0) is 18.4. The molecule has 2 aromatic carbocycles. The number of anilines is 1. The lowest BCUT2D eigenvalue weighted by atomic mass is 10.2. The summed E-state index contributed by atoms with van der Waals surface area (Å²) < 4.78 is 5.90. The number of carbonyl (C=O) groups excluding carboxylic acids is 1. The van der Waals surface area contributed by atoms with Crippen LogP contribution in [0.5, 0.6) is 11.5 Å². The van der Waals surface area contributed by atoms with Gasteiger partial charge in [0.2, 0.25) is 0 Å². The molecule has 3 aromatic rings. The second kappa shape index (κ2) is 8.65. The van der Waals surface area contributed by atoms with Crippen LogP contribution in [0.25, 0.3) is 0 Å². The van der Waals surface area contributed by atoms with E-state index < -0.39 is 0 Å². The molecular formula is C21H23N2O2S+. The SMILES string of the molecule is Cc1ccsc1C[NH+](C)CC(=O)Nc1ccccc1Oc1ccccc1. The van der Waals surface area contributed by atoms with E-state index in [1.807, 2.05) is 61.6 Å². The third kappa shape index (κ3) is 4.94. The van der Waals surface area contributed by atoms with E-state index in [9.17, 15) is 4.79 Å². The van der Waals surface area contributed by atoms with Crippen molar-refractivity contribution in [2.75, 3.05) is 18.9 Å². The maximum atomic E-state index is 12.5. The van der Waals surface area contributed by atoms with E-state index in [4.69, 9.17) is 4.74 Å². The van der Waals surface area contributed by atoms with E-state index in [1.165, 1.54) is 10.4 Å². The molecule has 5 heteroatoms. The van der Waals surface area contributed by atoms with Crippen LogP contribution in [0.1, 0.15) is 10.4 Å². The van der Waals surface area contributed by atoms with E-state index in [-0.39, 0.29) is 5.91 Å². The standard InChI is InChI=1S/C21H22N2O2S/c1-16-12-13-26-20(16)14-23(2)15-21(24)22-18-10-6-7-11-19(18)25-17-8-4-3-5-9-17/h3-13H,14-15H2,1-2H3,(H,22,24)/p+1. The smallest absolute Gasteiger partial charge is 0.279 e. The molecule has 2 N–H and O–H groups in total. The minimum Gasteiger partial charge on any atom is -0.455 e. The summed E-state index contributed by atoms with van der Waals surface area (Å²) in [7, 11) is 2.03. The van der Waals surface area contributed by atoms with Crippen molar-refractivity contribution in [1.29, 1.82) is 0 Å². The third-order valence-electron chi connectivity index (χ3n) is 4.02. The largest absolute Gasteiger partial charge is 0.455 e. The quantitative estimate of drug-likeness (QED) is 0.671. The second-order valence-corrected chi connectivity index (χ2v) is 7.30. The minimum atomic E-state index is -0.0270. The van der Waals surface area contributed by atoms with Crippen LogP contribution in [0, 0.1) is 6.92 Å². The van der Waals surface area contributed by atoms with Gasteiger partial charge < -0.3 is 15.0 Å². The molecule has 0 saturated heterocycles. The number of benzene rings is 2. The number of hydrogen-bond donors (Lipinski definition) is 2. The summed E-state index contributed by atoms with van der Waals surface area (Å²) in [5.74, 6) is 1.35. The third-order valence-corrected chi connectivity index (χ3v) is 5.05. The Kier molecular flexibility index (Phi) is 6.04. The number of nitrogens with one attached hydrogen (secondary N) is 2. The van der Waals surface area contributed by atoms with Gasteiger partial charge in [0.1, 0.15) is 12.3 Å². The summed E-state index contributed by atoms with van der Waals surface area (Å²) >= 11 is 1.74. The van der Waals surface area contributed by atoms with Gasteiger partial charge in [-0.3, -0.25) is 4.79 Å². The first kappa shape index (κ1) is 18.2. The number of quaternary nitrogens is 1. The summed E-state index contributed by atoms with van der Waals surface area (Å²) in [5, 5.41) is 5.07. The van der Waals surface area contributed by atoms with Crippen LogP contribution in [0.4, 0.5) is 5.69 Å². The minimum absolute atomic E-state index is 0.0270. The Morgan fingerprint density at radius 1 is 1.08 bits per heavy atom. The first-order chi connectivity index (χ1) is 12.6. The lowest BCUT2D eigenvalue weighted by molar-refractivity contribution is -0.884. The molecule has 0 spiro atoms. The highest BCUT2D eigenvalue weighted by atomic mass is 32.1. The molecule has 1 aromatic heterocycles. The van der Waals surface area contributed by atoms with Gasteiger partial charge in [-0.25, -0.2) is 0 Å². The molecule has 0 aliphatic rings. The van der Waals surface area contributed by atoms with Gasteiger partial charge in [-0.2, -0.15) is 0 Å². The molecule has 0 fully saturated rings. The fourth-order valence-corrected chi connectivity index (χ4v) is 3.68. The summed E-state index contributed by atoms with van der Waals surface area (Å²) in [6.45, 7) is 3.35. The fourth-order valence-electron chi connectivity index (χ4n) is 2.66. The van der Waals surface area contributed by atoms with Gasteiger partial charge in [0.15, 0.2) is 12.3 Å². The molecule has 1 unspecified atom stereocenters. The highest BCUT2D eigenvalue weighted by Gasteiger charge is 2.14. The zero-order valence-corrected chi connectivity index (χ0v) is 15.8. The molecule has 1 amide bonds. The Labute approximate surface area is 158 Å². The number of carbonyl (C=O) groups is 1. The van der Waals surface area contributed by atoms with Crippen LogP contribution < -0.4 is 15.0 Å². The van der Waals surface area contributed by atoms with Gasteiger partial charge in [-0.15, -0.1) is 11.3 Å². The van der Waals surface area contributed by atoms with Crippen LogP contribution in [0.15, 0.2) is 66.0 Å². The number of likely N-dealkylation sites (N-methyl/N-ethyl adjacent to an activating group) is 1. The molecule has 0 aliphatic carbocycles. The normalized spacial score (nSPS) is 11.8. The van der Waals surface area contributed by atoms with Crippen molar-refractivity contribution < 1.29 is 14.4 Å². The summed E-state index contributed by atoms with van der Waals surface area (Å²) in [5.41, 5.74) is 1.97. The topological polar surface area (TPSA) is 42.8 Å². The molecule has 26 heavy (non-hydrogen) atoms. The molecule has 0 bridgehead atoms. The number of hydrogen-bond acceptors (Lipinski definition) is 3. The molecule has 1 atom stereocenters. The van der Waals surface area contributed by atoms with Gasteiger partial charge in [-0.1, -0.05) is 30.3 Å². The van der Waals surface area contributed by atoms with E-state index in [2.05, 4.69) is 23.7 Å². The predicted octanol–water partition coefficient (Wildman–Crippen LogP) is 3.50. The first-order valence-corrected chi connectivity index (χ1v) is 9.46. The van der Waals surface area contributed by atoms with Crippen molar-refractivity contribution in [2.45, 2.75) is 13.5 Å². The fraction of sp³-hybridized carbons (Fsp3) is 0.190. The van der Waals surface area contributed by atoms with Gasteiger partial charge >= 0.3 is 0 Å². The van der Waals surface area contributed by atoms with Gasteiger partial charge in [0.05, 0.1) is 17.6 Å². The van der Waals surface area contributed by atoms with Crippen LogP contribution in [0.3, 0.4) is 0 Å². The monoisotopic (exact) mass is 367 g/mol. The molecular weight excluding hydrogens is 344 g/mol. The molecule has 0 saturated carbocycles. The van der Waals surface area contributed by atoms with Crippen LogP contribution >= 0.6 is 11.3 Å². The Balaban J connectivity index is 1.61. The first-order valence-electron chi connectivity index (χ1n) is 8.58. The Morgan fingerprint density at radius 3 is 2.54 bits per heavy atom. The van der Waals surface area contributed by atoms with Gasteiger partial charge in [0.25, 0.3) is 5.91 Å². The maximum Gasteiger partial charge on any atom is 0.279 e. The molecule has 3 rings (SSSR count).